The van der Waals surface area contributed by atoms with Gasteiger partial charge in [-0.25, -0.2) is 4.99 Å². The van der Waals surface area contributed by atoms with Crippen LogP contribution in [-0.4, -0.2) is 30.5 Å². The van der Waals surface area contributed by atoms with E-state index in [4.69, 9.17) is 0 Å². The molecule has 0 heterocycles. The van der Waals surface area contributed by atoms with Crippen LogP contribution in [0.1, 0.15) is 12.5 Å². The lowest BCUT2D eigenvalue weighted by atomic mass is 10.2. The molecular weight excluding hydrogens is 318 g/mol. The van der Waals surface area contributed by atoms with Crippen LogP contribution >= 0.6 is 0 Å². The second-order valence-electron chi connectivity index (χ2n) is 5.34. The van der Waals surface area contributed by atoms with E-state index in [0.717, 1.165) is 23.8 Å². The van der Waals surface area contributed by atoms with Crippen molar-refractivity contribution in [2.45, 2.75) is 13.5 Å². The predicted molar refractivity (Wildman–Crippen MR) is 101 cm³/mol. The van der Waals surface area contributed by atoms with Crippen molar-refractivity contribution in [3.63, 3.8) is 0 Å². The number of benzene rings is 2. The Morgan fingerprint density at radius 3 is 2.40 bits per heavy atom. The van der Waals surface area contributed by atoms with Crippen molar-refractivity contribution in [3.8, 4) is 0 Å². The minimum Gasteiger partial charge on any atom is -0.383 e. The number of hydrogen-bond acceptors (Lipinski definition) is 4. The summed E-state index contributed by atoms with van der Waals surface area (Å²) in [5.74, 6) is 0.761. The summed E-state index contributed by atoms with van der Waals surface area (Å²) in [6, 6.07) is 16.5. The predicted octanol–water partition coefficient (Wildman–Crippen LogP) is 2.76. The molecule has 0 atom stereocenters. The summed E-state index contributed by atoms with van der Waals surface area (Å²) in [4.78, 5) is 14.8. The number of nitro groups is 1. The molecule has 132 valence electrons. The maximum absolute atomic E-state index is 10.6. The van der Waals surface area contributed by atoms with Crippen molar-refractivity contribution in [1.82, 2.24) is 10.6 Å². The number of guanidine groups is 1. The van der Waals surface area contributed by atoms with Crippen LogP contribution in [0.15, 0.2) is 59.6 Å². The summed E-state index contributed by atoms with van der Waals surface area (Å²) >= 11 is 0. The van der Waals surface area contributed by atoms with E-state index in [-0.39, 0.29) is 5.69 Å². The van der Waals surface area contributed by atoms with E-state index in [9.17, 15) is 10.1 Å². The third kappa shape index (κ3) is 6.50. The number of nitro benzene ring substituents is 1. The van der Waals surface area contributed by atoms with Crippen molar-refractivity contribution < 1.29 is 4.92 Å². The second-order valence-corrected chi connectivity index (χ2v) is 5.34. The van der Waals surface area contributed by atoms with Crippen LogP contribution in [0.4, 0.5) is 11.4 Å². The molecule has 0 bridgehead atoms. The number of non-ortho nitro benzene ring substituents is 1. The number of aliphatic imine (C=N–C) groups is 1. The van der Waals surface area contributed by atoms with E-state index in [1.165, 1.54) is 12.1 Å². The molecule has 0 unspecified atom stereocenters. The van der Waals surface area contributed by atoms with Gasteiger partial charge in [-0.3, -0.25) is 10.1 Å². The monoisotopic (exact) mass is 341 g/mol. The highest BCUT2D eigenvalue weighted by molar-refractivity contribution is 5.79. The Morgan fingerprint density at radius 1 is 1.04 bits per heavy atom. The fraction of sp³-hybridized carbons (Fsp3) is 0.278. The van der Waals surface area contributed by atoms with E-state index in [0.29, 0.717) is 19.6 Å². The first-order valence-corrected chi connectivity index (χ1v) is 8.23. The zero-order valence-corrected chi connectivity index (χ0v) is 14.2. The molecule has 0 radical (unpaired) electrons. The van der Waals surface area contributed by atoms with Crippen LogP contribution < -0.4 is 16.0 Å². The highest BCUT2D eigenvalue weighted by atomic mass is 16.6. The van der Waals surface area contributed by atoms with Gasteiger partial charge >= 0.3 is 0 Å². The molecular formula is C18H23N5O2. The molecule has 0 saturated heterocycles. The quantitative estimate of drug-likeness (QED) is 0.226. The molecule has 0 saturated carbocycles. The van der Waals surface area contributed by atoms with Gasteiger partial charge in [0.25, 0.3) is 5.69 Å². The number of hydrogen-bond donors (Lipinski definition) is 3. The lowest BCUT2D eigenvalue weighted by Crippen LogP contribution is -2.39. The molecule has 0 fully saturated rings. The van der Waals surface area contributed by atoms with E-state index in [1.54, 1.807) is 12.1 Å². The van der Waals surface area contributed by atoms with Crippen LogP contribution in [-0.2, 0) is 6.54 Å². The molecule has 0 aliphatic carbocycles. The molecule has 0 aliphatic heterocycles. The van der Waals surface area contributed by atoms with Gasteiger partial charge in [-0.15, -0.1) is 0 Å². The normalized spacial score (nSPS) is 11.0. The summed E-state index contributed by atoms with van der Waals surface area (Å²) in [5, 5.41) is 20.3. The standard InChI is InChI=1S/C18H23N5O2/c1-2-19-18(22-14-15-6-4-3-5-7-15)21-13-12-20-16-8-10-17(11-9-16)23(24)25/h3-11,20H,2,12-14H2,1H3,(H2,19,21,22). The molecule has 2 rings (SSSR count). The van der Waals surface area contributed by atoms with Crippen molar-refractivity contribution in [2.75, 3.05) is 25.0 Å². The average Bonchev–Trinajstić information content (AvgIpc) is 2.64. The Labute approximate surface area is 147 Å². The van der Waals surface area contributed by atoms with Crippen LogP contribution in [0.3, 0.4) is 0 Å². The van der Waals surface area contributed by atoms with E-state index >= 15 is 0 Å². The van der Waals surface area contributed by atoms with E-state index < -0.39 is 4.92 Å². The van der Waals surface area contributed by atoms with Gasteiger partial charge in [-0.1, -0.05) is 30.3 Å². The van der Waals surface area contributed by atoms with Crippen molar-refractivity contribution in [1.29, 1.82) is 0 Å². The van der Waals surface area contributed by atoms with Crippen LogP contribution in [0, 0.1) is 10.1 Å². The van der Waals surface area contributed by atoms with Gasteiger partial charge in [0.2, 0.25) is 0 Å². The highest BCUT2D eigenvalue weighted by Crippen LogP contribution is 2.14. The minimum atomic E-state index is -0.406. The van der Waals surface area contributed by atoms with Crippen molar-refractivity contribution in [3.05, 3.63) is 70.3 Å². The van der Waals surface area contributed by atoms with Crippen LogP contribution in [0.2, 0.25) is 0 Å². The Balaban J connectivity index is 1.77. The zero-order valence-electron chi connectivity index (χ0n) is 14.2. The molecule has 7 heteroatoms. The first kappa shape index (κ1) is 18.3. The van der Waals surface area contributed by atoms with Gasteiger partial charge < -0.3 is 16.0 Å². The van der Waals surface area contributed by atoms with Gasteiger partial charge in [0.1, 0.15) is 0 Å². The van der Waals surface area contributed by atoms with Gasteiger partial charge in [-0.2, -0.15) is 0 Å². The van der Waals surface area contributed by atoms with Crippen molar-refractivity contribution in [2.24, 2.45) is 4.99 Å². The molecule has 2 aromatic rings. The smallest absolute Gasteiger partial charge is 0.269 e. The Bertz CT molecular complexity index is 686. The topological polar surface area (TPSA) is 91.6 Å². The Hall–Kier alpha value is -3.09. The number of rotatable bonds is 8. The third-order valence-corrected chi connectivity index (χ3v) is 3.43. The van der Waals surface area contributed by atoms with Gasteiger partial charge in [0.05, 0.1) is 11.5 Å². The fourth-order valence-corrected chi connectivity index (χ4v) is 2.18. The average molecular weight is 341 g/mol. The van der Waals surface area contributed by atoms with Gasteiger partial charge in [0, 0.05) is 37.5 Å². The largest absolute Gasteiger partial charge is 0.383 e. The van der Waals surface area contributed by atoms with Gasteiger partial charge in [-0.05, 0) is 24.6 Å². The van der Waals surface area contributed by atoms with Crippen molar-refractivity contribution >= 4 is 17.3 Å². The number of nitrogens with one attached hydrogen (secondary N) is 3. The maximum Gasteiger partial charge on any atom is 0.269 e. The molecule has 3 N–H and O–H groups in total. The molecule has 0 aromatic heterocycles. The molecule has 25 heavy (non-hydrogen) atoms. The molecule has 2 aromatic carbocycles. The molecule has 0 spiro atoms. The molecule has 0 aliphatic rings. The first-order chi connectivity index (χ1) is 12.2. The number of nitrogens with zero attached hydrogens (tertiary/aromatic N) is 2. The summed E-state index contributed by atoms with van der Waals surface area (Å²) in [5.41, 5.74) is 2.09. The SMILES string of the molecule is CCNC(=NCc1ccccc1)NCCNc1ccc([N+](=O)[O-])cc1. The molecule has 0 amide bonds. The fourth-order valence-electron chi connectivity index (χ4n) is 2.18. The zero-order chi connectivity index (χ0) is 17.9. The summed E-state index contributed by atoms with van der Waals surface area (Å²) in [7, 11) is 0. The summed E-state index contributed by atoms with van der Waals surface area (Å²) < 4.78 is 0. The van der Waals surface area contributed by atoms with Crippen LogP contribution in [0.25, 0.3) is 0 Å². The highest BCUT2D eigenvalue weighted by Gasteiger charge is 2.03. The summed E-state index contributed by atoms with van der Waals surface area (Å²) in [6.07, 6.45) is 0. The van der Waals surface area contributed by atoms with Gasteiger partial charge in [0.15, 0.2) is 5.96 Å². The van der Waals surface area contributed by atoms with Crippen LogP contribution in [0.5, 0.6) is 0 Å². The maximum atomic E-state index is 10.6. The lowest BCUT2D eigenvalue weighted by Gasteiger charge is -2.12. The molecule has 7 nitrogen and oxygen atoms in total. The second kappa shape index (κ2) is 9.92. The minimum absolute atomic E-state index is 0.0890. The summed E-state index contributed by atoms with van der Waals surface area (Å²) in [6.45, 7) is 4.78. The Morgan fingerprint density at radius 2 is 1.76 bits per heavy atom. The van der Waals surface area contributed by atoms with E-state index in [1.807, 2.05) is 37.3 Å². The lowest BCUT2D eigenvalue weighted by molar-refractivity contribution is -0.384. The number of anilines is 1. The third-order valence-electron chi connectivity index (χ3n) is 3.43. The Kier molecular flexibility index (Phi) is 7.24. The van der Waals surface area contributed by atoms with E-state index in [2.05, 4.69) is 20.9 Å². The first-order valence-electron chi connectivity index (χ1n) is 8.23.